The van der Waals surface area contributed by atoms with E-state index in [2.05, 4.69) is 15.3 Å². The number of aromatic nitrogens is 2. The molecule has 31 heavy (non-hydrogen) atoms. The van der Waals surface area contributed by atoms with Crippen molar-refractivity contribution in [1.82, 2.24) is 9.97 Å². The molecule has 0 bridgehead atoms. The van der Waals surface area contributed by atoms with Gasteiger partial charge in [0.15, 0.2) is 11.2 Å². The fourth-order valence-corrected chi connectivity index (χ4v) is 3.60. The third-order valence-electron chi connectivity index (χ3n) is 4.48. The average molecular weight is 430 g/mol. The Bertz CT molecular complexity index is 1250. The van der Waals surface area contributed by atoms with Gasteiger partial charge in [-0.25, -0.2) is 14.8 Å². The molecule has 0 spiro atoms. The molecule has 1 N–H and O–H groups in total. The summed E-state index contributed by atoms with van der Waals surface area (Å²) in [6.07, 6.45) is 1.86. The van der Waals surface area contributed by atoms with Crippen molar-refractivity contribution in [2.24, 2.45) is 0 Å². The molecule has 0 saturated carbocycles. The molecule has 4 rings (SSSR count). The van der Waals surface area contributed by atoms with Crippen molar-refractivity contribution < 1.29 is 14.3 Å². The lowest BCUT2D eigenvalue weighted by atomic mass is 10.2. The highest BCUT2D eigenvalue weighted by molar-refractivity contribution is 7.14. The Kier molecular flexibility index (Phi) is 6.14. The molecule has 2 aromatic heterocycles. The number of carbonyl (C=O) groups excluding carboxylic acids is 2. The summed E-state index contributed by atoms with van der Waals surface area (Å²) in [5.41, 5.74) is 3.20. The predicted octanol–water partition coefficient (Wildman–Crippen LogP) is 4.94. The molecule has 0 aliphatic carbocycles. The van der Waals surface area contributed by atoms with Gasteiger partial charge in [-0.3, -0.25) is 10.1 Å². The molecule has 2 aromatic carbocycles. The molecule has 0 aliphatic rings. The molecule has 0 aliphatic heterocycles. The van der Waals surface area contributed by atoms with E-state index in [1.165, 1.54) is 24.3 Å². The van der Waals surface area contributed by atoms with Crippen LogP contribution in [-0.2, 0) is 14.3 Å². The summed E-state index contributed by atoms with van der Waals surface area (Å²) in [6, 6.07) is 21.1. The van der Waals surface area contributed by atoms with Gasteiger partial charge in [0.05, 0.1) is 16.9 Å². The van der Waals surface area contributed by atoms with Crippen molar-refractivity contribution >= 4 is 45.3 Å². The van der Waals surface area contributed by atoms with Gasteiger partial charge in [0.2, 0.25) is 0 Å². The summed E-state index contributed by atoms with van der Waals surface area (Å²) in [5.74, 6) is -1.07. The third-order valence-corrected chi connectivity index (χ3v) is 5.23. The number of hydrogen-bond acceptors (Lipinski definition) is 6. The van der Waals surface area contributed by atoms with Crippen LogP contribution in [0.1, 0.15) is 12.6 Å². The summed E-state index contributed by atoms with van der Waals surface area (Å²) < 4.78 is 5.20. The molecule has 0 radical (unpaired) electrons. The molecular formula is C24H19N3O3S. The summed E-state index contributed by atoms with van der Waals surface area (Å²) >= 11 is 1.31. The second-order valence-corrected chi connectivity index (χ2v) is 7.59. The molecule has 7 heteroatoms. The molecule has 4 aromatic rings. The van der Waals surface area contributed by atoms with Crippen LogP contribution in [0.2, 0.25) is 0 Å². The molecule has 1 amide bonds. The summed E-state index contributed by atoms with van der Waals surface area (Å²) in [6.45, 7) is 1.51. The third kappa shape index (κ3) is 5.21. The summed E-state index contributed by atoms with van der Waals surface area (Å²) in [7, 11) is 0. The number of esters is 1. The van der Waals surface area contributed by atoms with Gasteiger partial charge in [0, 0.05) is 22.4 Å². The maximum atomic E-state index is 12.4. The van der Waals surface area contributed by atoms with Gasteiger partial charge in [-0.15, -0.1) is 11.3 Å². The first-order valence-electron chi connectivity index (χ1n) is 9.65. The van der Waals surface area contributed by atoms with Gasteiger partial charge in [-0.1, -0.05) is 54.6 Å². The van der Waals surface area contributed by atoms with Gasteiger partial charge in [0.25, 0.3) is 5.91 Å². The number of hydrogen-bond donors (Lipinski definition) is 1. The second-order valence-electron chi connectivity index (χ2n) is 6.73. The van der Waals surface area contributed by atoms with Gasteiger partial charge in [-0.05, 0) is 25.1 Å². The number of amides is 1. The Morgan fingerprint density at radius 3 is 2.61 bits per heavy atom. The van der Waals surface area contributed by atoms with E-state index < -0.39 is 18.0 Å². The molecule has 6 nitrogen and oxygen atoms in total. The zero-order valence-electron chi connectivity index (χ0n) is 16.7. The number of pyridine rings is 1. The molecule has 1 unspecified atom stereocenters. The van der Waals surface area contributed by atoms with E-state index in [1.54, 1.807) is 6.08 Å². The highest BCUT2D eigenvalue weighted by Gasteiger charge is 2.18. The highest BCUT2D eigenvalue weighted by Crippen LogP contribution is 2.24. The van der Waals surface area contributed by atoms with Gasteiger partial charge in [-0.2, -0.15) is 0 Å². The zero-order valence-corrected chi connectivity index (χ0v) is 17.5. The van der Waals surface area contributed by atoms with Crippen LogP contribution in [0.15, 0.2) is 78.2 Å². The second kappa shape index (κ2) is 9.32. The number of benzene rings is 2. The van der Waals surface area contributed by atoms with Crippen LogP contribution in [0.25, 0.3) is 28.2 Å². The van der Waals surface area contributed by atoms with Gasteiger partial charge < -0.3 is 4.74 Å². The van der Waals surface area contributed by atoms with Crippen LogP contribution in [0, 0.1) is 0 Å². The molecule has 2 heterocycles. The van der Waals surface area contributed by atoms with Crippen LogP contribution in [-0.4, -0.2) is 27.9 Å². The number of rotatable bonds is 6. The lowest BCUT2D eigenvalue weighted by Crippen LogP contribution is -2.29. The summed E-state index contributed by atoms with van der Waals surface area (Å²) in [5, 5.41) is 6.01. The lowest BCUT2D eigenvalue weighted by Gasteiger charge is -2.10. The number of nitrogens with one attached hydrogen (secondary N) is 1. The van der Waals surface area contributed by atoms with Crippen LogP contribution in [0.3, 0.4) is 0 Å². The number of nitrogens with zero attached hydrogens (tertiary/aromatic N) is 2. The fourth-order valence-electron chi connectivity index (χ4n) is 2.87. The van der Waals surface area contributed by atoms with Crippen LogP contribution < -0.4 is 5.32 Å². The molecule has 0 fully saturated rings. The van der Waals surface area contributed by atoms with E-state index in [9.17, 15) is 9.59 Å². The predicted molar refractivity (Wildman–Crippen MR) is 123 cm³/mol. The van der Waals surface area contributed by atoms with Crippen LogP contribution in [0.4, 0.5) is 5.13 Å². The van der Waals surface area contributed by atoms with Crippen LogP contribution >= 0.6 is 11.3 Å². The van der Waals surface area contributed by atoms with E-state index >= 15 is 0 Å². The molecule has 1 atom stereocenters. The monoisotopic (exact) mass is 429 g/mol. The van der Waals surface area contributed by atoms with Crippen molar-refractivity contribution in [3.8, 4) is 11.3 Å². The number of fused-ring (bicyclic) bond motifs is 1. The Labute approximate surface area is 183 Å². The smallest absolute Gasteiger partial charge is 0.331 e. The minimum Gasteiger partial charge on any atom is -0.449 e. The van der Waals surface area contributed by atoms with E-state index in [0.29, 0.717) is 10.8 Å². The van der Waals surface area contributed by atoms with Crippen molar-refractivity contribution in [3.63, 3.8) is 0 Å². The van der Waals surface area contributed by atoms with Gasteiger partial charge in [0.1, 0.15) is 0 Å². The van der Waals surface area contributed by atoms with E-state index in [-0.39, 0.29) is 0 Å². The number of ether oxygens (including phenoxy) is 1. The minimum absolute atomic E-state index is 0.445. The maximum absolute atomic E-state index is 12.4. The quantitative estimate of drug-likeness (QED) is 0.347. The SMILES string of the molecule is CC(OC(=O)/C=C/c1ccc2ccccc2n1)C(=O)Nc1nc(-c2ccccc2)cs1. The van der Waals surface area contributed by atoms with E-state index in [0.717, 1.165) is 22.2 Å². The van der Waals surface area contributed by atoms with Crippen molar-refractivity contribution in [2.45, 2.75) is 13.0 Å². The number of anilines is 1. The number of para-hydroxylation sites is 1. The first kappa shape index (κ1) is 20.4. The fraction of sp³-hybridized carbons (Fsp3) is 0.0833. The molecule has 154 valence electrons. The number of carbonyl (C=O) groups is 2. The molecule has 0 saturated heterocycles. The summed E-state index contributed by atoms with van der Waals surface area (Å²) in [4.78, 5) is 33.3. The van der Waals surface area contributed by atoms with Crippen molar-refractivity contribution in [2.75, 3.05) is 5.32 Å². The zero-order chi connectivity index (χ0) is 21.6. The first-order chi connectivity index (χ1) is 15.1. The first-order valence-corrected chi connectivity index (χ1v) is 10.5. The largest absolute Gasteiger partial charge is 0.449 e. The Hall–Kier alpha value is -3.84. The van der Waals surface area contributed by atoms with Crippen molar-refractivity contribution in [3.05, 3.63) is 83.9 Å². The number of thiazole rings is 1. The Morgan fingerprint density at radius 2 is 1.77 bits per heavy atom. The van der Waals surface area contributed by atoms with Crippen LogP contribution in [0.5, 0.6) is 0 Å². The average Bonchev–Trinajstić information content (AvgIpc) is 3.26. The van der Waals surface area contributed by atoms with Crippen molar-refractivity contribution in [1.29, 1.82) is 0 Å². The Balaban J connectivity index is 1.33. The highest BCUT2D eigenvalue weighted by atomic mass is 32.1. The Morgan fingerprint density at radius 1 is 1.00 bits per heavy atom. The topological polar surface area (TPSA) is 81.2 Å². The lowest BCUT2D eigenvalue weighted by molar-refractivity contribution is -0.148. The maximum Gasteiger partial charge on any atom is 0.331 e. The normalized spacial score (nSPS) is 12.0. The van der Waals surface area contributed by atoms with Gasteiger partial charge >= 0.3 is 5.97 Å². The molecular weight excluding hydrogens is 410 g/mol. The van der Waals surface area contributed by atoms with E-state index in [4.69, 9.17) is 4.74 Å². The minimum atomic E-state index is -0.967. The van der Waals surface area contributed by atoms with E-state index in [1.807, 2.05) is 72.1 Å². The standard InChI is InChI=1S/C24H19N3O3S/c1-16(23(29)27-24-26-21(15-31-24)17-7-3-2-4-8-17)30-22(28)14-13-19-12-11-18-9-5-6-10-20(18)25-19/h2-16H,1H3,(H,26,27,29)/b14-13+.